The molecule has 0 bridgehead atoms. The largest absolute Gasteiger partial charge is 0.490 e. The fourth-order valence-corrected chi connectivity index (χ4v) is 1.70. The molecule has 1 atom stereocenters. The maximum absolute atomic E-state index is 13.8. The summed E-state index contributed by atoms with van der Waals surface area (Å²) < 4.78 is 24.7. The van der Waals surface area contributed by atoms with Crippen molar-refractivity contribution in [3.8, 4) is 11.5 Å². The Morgan fingerprint density at radius 3 is 2.56 bits per heavy atom. The highest BCUT2D eigenvalue weighted by Crippen LogP contribution is 2.34. The molecule has 1 aromatic carbocycles. The number of ether oxygens (including phenoxy) is 2. The summed E-state index contributed by atoms with van der Waals surface area (Å²) in [6, 6.07) is 3.09. The van der Waals surface area contributed by atoms with E-state index in [0.717, 1.165) is 6.42 Å². The van der Waals surface area contributed by atoms with Crippen molar-refractivity contribution < 1.29 is 13.9 Å². The summed E-state index contributed by atoms with van der Waals surface area (Å²) in [5.41, 5.74) is 6.13. The normalized spacial score (nSPS) is 16.7. The first-order valence-corrected chi connectivity index (χ1v) is 5.51. The Kier molecular flexibility index (Phi) is 3.29. The molecular formula is C12H16FNO2. The fourth-order valence-electron chi connectivity index (χ4n) is 1.70. The van der Waals surface area contributed by atoms with Crippen molar-refractivity contribution in [2.45, 2.75) is 19.3 Å². The van der Waals surface area contributed by atoms with Gasteiger partial charge in [-0.1, -0.05) is 6.92 Å². The van der Waals surface area contributed by atoms with Crippen molar-refractivity contribution in [3.63, 3.8) is 0 Å². The molecule has 1 aromatic rings. The lowest BCUT2D eigenvalue weighted by atomic mass is 10.0. The van der Waals surface area contributed by atoms with Crippen LogP contribution in [0.15, 0.2) is 12.1 Å². The number of nitrogens with two attached hydrogens (primary N) is 1. The van der Waals surface area contributed by atoms with Crippen LogP contribution in [0.5, 0.6) is 11.5 Å². The molecule has 2 N–H and O–H groups in total. The zero-order valence-electron chi connectivity index (χ0n) is 9.33. The van der Waals surface area contributed by atoms with Gasteiger partial charge in [-0.25, -0.2) is 4.39 Å². The van der Waals surface area contributed by atoms with Gasteiger partial charge in [-0.05, 0) is 24.1 Å². The summed E-state index contributed by atoms with van der Waals surface area (Å²) in [6.07, 6.45) is 0.818. The van der Waals surface area contributed by atoms with Gasteiger partial charge in [0, 0.05) is 12.5 Å². The molecule has 1 heterocycles. The third kappa shape index (κ3) is 2.11. The van der Waals surface area contributed by atoms with Crippen molar-refractivity contribution in [1.82, 2.24) is 0 Å². The number of rotatable bonds is 2. The summed E-state index contributed by atoms with van der Waals surface area (Å²) in [6.45, 7) is 3.48. The highest BCUT2D eigenvalue weighted by molar-refractivity contribution is 5.45. The molecule has 16 heavy (non-hydrogen) atoms. The van der Waals surface area contributed by atoms with Crippen LogP contribution in [-0.4, -0.2) is 19.8 Å². The van der Waals surface area contributed by atoms with Crippen LogP contribution in [-0.2, 0) is 0 Å². The number of hydrogen-bond acceptors (Lipinski definition) is 3. The van der Waals surface area contributed by atoms with Crippen LogP contribution >= 0.6 is 0 Å². The Balaban J connectivity index is 2.38. The molecule has 0 saturated heterocycles. The van der Waals surface area contributed by atoms with E-state index >= 15 is 0 Å². The highest BCUT2D eigenvalue weighted by Gasteiger charge is 2.17. The van der Waals surface area contributed by atoms with Gasteiger partial charge in [0.25, 0.3) is 0 Å². The minimum absolute atomic E-state index is 0.0165. The number of fused-ring (bicyclic) bond motifs is 1. The second kappa shape index (κ2) is 4.70. The van der Waals surface area contributed by atoms with Crippen molar-refractivity contribution in [2.24, 2.45) is 5.73 Å². The molecule has 88 valence electrons. The first kappa shape index (κ1) is 11.2. The summed E-state index contributed by atoms with van der Waals surface area (Å²) in [4.78, 5) is 0. The molecule has 3 nitrogen and oxygen atoms in total. The van der Waals surface area contributed by atoms with E-state index in [0.29, 0.717) is 36.8 Å². The lowest BCUT2D eigenvalue weighted by Crippen LogP contribution is -2.11. The van der Waals surface area contributed by atoms with Gasteiger partial charge in [0.2, 0.25) is 0 Å². The maximum Gasteiger partial charge on any atom is 0.164 e. The molecule has 0 saturated carbocycles. The minimum atomic E-state index is -0.276. The highest BCUT2D eigenvalue weighted by atomic mass is 19.1. The minimum Gasteiger partial charge on any atom is -0.490 e. The van der Waals surface area contributed by atoms with Crippen molar-refractivity contribution >= 4 is 0 Å². The molecular weight excluding hydrogens is 209 g/mol. The molecule has 1 aliphatic rings. The SMILES string of the molecule is CC(CN)c1cc2c(cc1F)OCCCO2. The van der Waals surface area contributed by atoms with Crippen LogP contribution in [0.4, 0.5) is 4.39 Å². The van der Waals surface area contributed by atoms with Gasteiger partial charge < -0.3 is 15.2 Å². The molecule has 1 aliphatic heterocycles. The van der Waals surface area contributed by atoms with E-state index in [-0.39, 0.29) is 11.7 Å². The Morgan fingerprint density at radius 1 is 1.31 bits per heavy atom. The van der Waals surface area contributed by atoms with Gasteiger partial charge in [0.15, 0.2) is 11.5 Å². The predicted octanol–water partition coefficient (Wildman–Crippen LogP) is 2.05. The molecule has 0 radical (unpaired) electrons. The monoisotopic (exact) mass is 225 g/mol. The van der Waals surface area contributed by atoms with Crippen LogP contribution in [0.2, 0.25) is 0 Å². The molecule has 0 fully saturated rings. The van der Waals surface area contributed by atoms with E-state index < -0.39 is 0 Å². The molecule has 0 aromatic heterocycles. The third-order valence-corrected chi connectivity index (χ3v) is 2.75. The molecule has 4 heteroatoms. The van der Waals surface area contributed by atoms with Gasteiger partial charge in [-0.3, -0.25) is 0 Å². The lowest BCUT2D eigenvalue weighted by Gasteiger charge is -2.14. The predicted molar refractivity (Wildman–Crippen MR) is 59.5 cm³/mol. The van der Waals surface area contributed by atoms with E-state index in [4.69, 9.17) is 15.2 Å². The average Bonchev–Trinajstić information content (AvgIpc) is 2.51. The maximum atomic E-state index is 13.8. The number of halogens is 1. The summed E-state index contributed by atoms with van der Waals surface area (Å²) in [5.74, 6) is 0.816. The van der Waals surface area contributed by atoms with E-state index in [1.807, 2.05) is 6.92 Å². The second-order valence-corrected chi connectivity index (χ2v) is 4.01. The van der Waals surface area contributed by atoms with Gasteiger partial charge in [-0.2, -0.15) is 0 Å². The molecule has 0 amide bonds. The standard InChI is InChI=1S/C12H16FNO2/c1-8(7-14)9-5-11-12(6-10(9)13)16-4-2-3-15-11/h5-6,8H,2-4,7,14H2,1H3. The van der Waals surface area contributed by atoms with Crippen LogP contribution in [0.1, 0.15) is 24.8 Å². The molecule has 0 spiro atoms. The summed E-state index contributed by atoms with van der Waals surface area (Å²) in [7, 11) is 0. The van der Waals surface area contributed by atoms with E-state index in [2.05, 4.69) is 0 Å². The van der Waals surface area contributed by atoms with Crippen LogP contribution in [0.25, 0.3) is 0 Å². The Labute approximate surface area is 94.3 Å². The Morgan fingerprint density at radius 2 is 1.94 bits per heavy atom. The van der Waals surface area contributed by atoms with E-state index in [9.17, 15) is 4.39 Å². The van der Waals surface area contributed by atoms with Crippen molar-refractivity contribution in [2.75, 3.05) is 19.8 Å². The van der Waals surface area contributed by atoms with E-state index in [1.54, 1.807) is 6.07 Å². The fraction of sp³-hybridized carbons (Fsp3) is 0.500. The number of hydrogen-bond donors (Lipinski definition) is 1. The average molecular weight is 225 g/mol. The third-order valence-electron chi connectivity index (χ3n) is 2.75. The number of benzene rings is 1. The summed E-state index contributed by atoms with van der Waals surface area (Å²) in [5, 5.41) is 0. The van der Waals surface area contributed by atoms with Gasteiger partial charge >= 0.3 is 0 Å². The van der Waals surface area contributed by atoms with Crippen LogP contribution < -0.4 is 15.2 Å². The van der Waals surface area contributed by atoms with Crippen LogP contribution in [0.3, 0.4) is 0 Å². The topological polar surface area (TPSA) is 44.5 Å². The van der Waals surface area contributed by atoms with Crippen LogP contribution in [0, 0.1) is 5.82 Å². The lowest BCUT2D eigenvalue weighted by molar-refractivity contribution is 0.296. The van der Waals surface area contributed by atoms with Gasteiger partial charge in [0.1, 0.15) is 5.82 Å². The van der Waals surface area contributed by atoms with Gasteiger partial charge in [-0.15, -0.1) is 0 Å². The summed E-state index contributed by atoms with van der Waals surface area (Å²) >= 11 is 0. The quantitative estimate of drug-likeness (QED) is 0.837. The molecule has 2 rings (SSSR count). The smallest absolute Gasteiger partial charge is 0.164 e. The molecule has 1 unspecified atom stereocenters. The van der Waals surface area contributed by atoms with E-state index in [1.165, 1.54) is 6.07 Å². The van der Waals surface area contributed by atoms with Crippen molar-refractivity contribution in [3.05, 3.63) is 23.5 Å². The van der Waals surface area contributed by atoms with Crippen molar-refractivity contribution in [1.29, 1.82) is 0 Å². The first-order chi connectivity index (χ1) is 7.72. The zero-order valence-corrected chi connectivity index (χ0v) is 9.33. The molecule has 0 aliphatic carbocycles. The van der Waals surface area contributed by atoms with Gasteiger partial charge in [0.05, 0.1) is 13.2 Å². The zero-order chi connectivity index (χ0) is 11.5. The second-order valence-electron chi connectivity index (χ2n) is 4.01. The Bertz CT molecular complexity index is 382. The first-order valence-electron chi connectivity index (χ1n) is 5.51. The Hall–Kier alpha value is -1.29.